The quantitative estimate of drug-likeness (QED) is 0.546. The van der Waals surface area contributed by atoms with Gasteiger partial charge >= 0.3 is 5.97 Å². The molecule has 0 radical (unpaired) electrons. The van der Waals surface area contributed by atoms with Crippen molar-refractivity contribution in [1.82, 2.24) is 0 Å². The molecule has 0 aliphatic heterocycles. The molecule has 0 spiro atoms. The smallest absolute Gasteiger partial charge is 0.309 e. The van der Waals surface area contributed by atoms with Crippen molar-refractivity contribution in [3.63, 3.8) is 0 Å². The predicted molar refractivity (Wildman–Crippen MR) is 53.7 cm³/mol. The Morgan fingerprint density at radius 1 is 1.69 bits per heavy atom. The molecule has 0 aromatic carbocycles. The topological polar surface area (TPSA) is 26.3 Å². The second kappa shape index (κ2) is 4.82. The molecule has 0 fully saturated rings. The molecular formula is C10H12O2S. The molecule has 70 valence electrons. The molecule has 0 bridgehead atoms. The van der Waals surface area contributed by atoms with Crippen LogP contribution in [0, 0.1) is 6.92 Å². The number of ether oxygens (including phenoxy) is 1. The van der Waals surface area contributed by atoms with Crippen LogP contribution in [0.25, 0.3) is 0 Å². The second-order valence-electron chi connectivity index (χ2n) is 2.67. The summed E-state index contributed by atoms with van der Waals surface area (Å²) < 4.78 is 4.98. The van der Waals surface area contributed by atoms with E-state index in [1.54, 1.807) is 17.4 Å². The SMILES string of the molecule is C=CCC(=O)OCc1ccc(C)s1. The van der Waals surface area contributed by atoms with Gasteiger partial charge in [-0.05, 0) is 19.1 Å². The Morgan fingerprint density at radius 3 is 3.00 bits per heavy atom. The highest BCUT2D eigenvalue weighted by atomic mass is 32.1. The molecule has 1 aromatic heterocycles. The molecule has 0 saturated heterocycles. The summed E-state index contributed by atoms with van der Waals surface area (Å²) >= 11 is 1.64. The largest absolute Gasteiger partial charge is 0.460 e. The third kappa shape index (κ3) is 3.42. The maximum absolute atomic E-state index is 10.9. The summed E-state index contributed by atoms with van der Waals surface area (Å²) in [5.74, 6) is -0.221. The number of rotatable bonds is 4. The molecule has 0 N–H and O–H groups in total. The Labute approximate surface area is 81.8 Å². The summed E-state index contributed by atoms with van der Waals surface area (Å²) in [6.45, 7) is 5.87. The van der Waals surface area contributed by atoms with Gasteiger partial charge in [0.05, 0.1) is 6.42 Å². The first-order valence-electron chi connectivity index (χ1n) is 4.04. The summed E-state index contributed by atoms with van der Waals surface area (Å²) in [6.07, 6.45) is 1.83. The number of hydrogen-bond acceptors (Lipinski definition) is 3. The van der Waals surface area contributed by atoms with E-state index in [0.717, 1.165) is 4.88 Å². The number of thiophene rings is 1. The third-order valence-corrected chi connectivity index (χ3v) is 2.46. The fraction of sp³-hybridized carbons (Fsp3) is 0.300. The van der Waals surface area contributed by atoms with Crippen LogP contribution in [0.1, 0.15) is 16.2 Å². The monoisotopic (exact) mass is 196 g/mol. The number of carbonyl (C=O) groups is 1. The molecule has 2 nitrogen and oxygen atoms in total. The molecule has 1 rings (SSSR count). The van der Waals surface area contributed by atoms with E-state index in [9.17, 15) is 4.79 Å². The first-order chi connectivity index (χ1) is 6.22. The Bertz CT molecular complexity index is 302. The zero-order valence-corrected chi connectivity index (χ0v) is 8.39. The van der Waals surface area contributed by atoms with Gasteiger partial charge in [-0.15, -0.1) is 17.9 Å². The molecule has 13 heavy (non-hydrogen) atoms. The van der Waals surface area contributed by atoms with Gasteiger partial charge in [0.15, 0.2) is 0 Å². The highest BCUT2D eigenvalue weighted by Gasteiger charge is 2.01. The van der Waals surface area contributed by atoms with E-state index in [4.69, 9.17) is 4.74 Å². The van der Waals surface area contributed by atoms with E-state index < -0.39 is 0 Å². The van der Waals surface area contributed by atoms with Crippen LogP contribution in [-0.4, -0.2) is 5.97 Å². The van der Waals surface area contributed by atoms with Crippen molar-refractivity contribution >= 4 is 17.3 Å². The van der Waals surface area contributed by atoms with E-state index in [1.807, 2.05) is 19.1 Å². The molecule has 0 amide bonds. The molecule has 1 aromatic rings. The van der Waals surface area contributed by atoms with Gasteiger partial charge in [-0.3, -0.25) is 4.79 Å². The van der Waals surface area contributed by atoms with Crippen molar-refractivity contribution in [3.05, 3.63) is 34.5 Å². The van der Waals surface area contributed by atoms with Crippen LogP contribution < -0.4 is 0 Å². The summed E-state index contributed by atoms with van der Waals surface area (Å²) in [4.78, 5) is 13.2. The fourth-order valence-corrected chi connectivity index (χ4v) is 1.69. The van der Waals surface area contributed by atoms with Gasteiger partial charge in [0.25, 0.3) is 0 Å². The van der Waals surface area contributed by atoms with Gasteiger partial charge in [0.2, 0.25) is 0 Å². The summed E-state index contributed by atoms with van der Waals surface area (Å²) in [5, 5.41) is 0. The average molecular weight is 196 g/mol. The second-order valence-corrected chi connectivity index (χ2v) is 4.04. The lowest BCUT2D eigenvalue weighted by Crippen LogP contribution is -2.01. The third-order valence-electron chi connectivity index (χ3n) is 1.48. The van der Waals surface area contributed by atoms with E-state index in [-0.39, 0.29) is 12.4 Å². The van der Waals surface area contributed by atoms with Crippen LogP contribution in [-0.2, 0) is 16.1 Å². The van der Waals surface area contributed by atoms with Crippen molar-refractivity contribution < 1.29 is 9.53 Å². The maximum Gasteiger partial charge on any atom is 0.309 e. The van der Waals surface area contributed by atoms with Gasteiger partial charge in [-0.2, -0.15) is 0 Å². The van der Waals surface area contributed by atoms with Crippen LogP contribution in [0.4, 0.5) is 0 Å². The normalized spacial score (nSPS) is 9.62. The standard InChI is InChI=1S/C10H12O2S/c1-3-4-10(11)12-7-9-6-5-8(2)13-9/h3,5-6H,1,4,7H2,2H3. The average Bonchev–Trinajstić information content (AvgIpc) is 2.49. The van der Waals surface area contributed by atoms with E-state index in [1.165, 1.54) is 4.88 Å². The Morgan fingerprint density at radius 2 is 2.46 bits per heavy atom. The van der Waals surface area contributed by atoms with Crippen molar-refractivity contribution in [3.8, 4) is 0 Å². The van der Waals surface area contributed by atoms with Gasteiger partial charge in [-0.25, -0.2) is 0 Å². The first kappa shape index (κ1) is 9.99. The first-order valence-corrected chi connectivity index (χ1v) is 4.86. The number of esters is 1. The summed E-state index contributed by atoms with van der Waals surface area (Å²) in [5.41, 5.74) is 0. The Balaban J connectivity index is 2.34. The molecule has 0 aliphatic rings. The van der Waals surface area contributed by atoms with Gasteiger partial charge in [-0.1, -0.05) is 6.08 Å². The highest BCUT2D eigenvalue weighted by molar-refractivity contribution is 7.11. The Kier molecular flexibility index (Phi) is 3.71. The number of carbonyl (C=O) groups excluding carboxylic acids is 1. The Hall–Kier alpha value is -1.09. The minimum absolute atomic E-state index is 0.221. The zero-order chi connectivity index (χ0) is 9.68. The van der Waals surface area contributed by atoms with Crippen LogP contribution >= 0.6 is 11.3 Å². The van der Waals surface area contributed by atoms with Crippen LogP contribution in [0.15, 0.2) is 24.8 Å². The van der Waals surface area contributed by atoms with Gasteiger partial charge < -0.3 is 4.74 Å². The van der Waals surface area contributed by atoms with Gasteiger partial charge in [0, 0.05) is 9.75 Å². The molecule has 0 atom stereocenters. The lowest BCUT2D eigenvalue weighted by Gasteiger charge is -1.99. The number of hydrogen-bond donors (Lipinski definition) is 0. The predicted octanol–water partition coefficient (Wildman–Crippen LogP) is 2.68. The zero-order valence-electron chi connectivity index (χ0n) is 7.58. The van der Waals surface area contributed by atoms with E-state index in [0.29, 0.717) is 6.61 Å². The molecule has 1 heterocycles. The van der Waals surface area contributed by atoms with Crippen molar-refractivity contribution in [2.75, 3.05) is 0 Å². The molecule has 0 unspecified atom stereocenters. The maximum atomic E-state index is 10.9. The minimum atomic E-state index is -0.221. The van der Waals surface area contributed by atoms with Crippen LogP contribution in [0.2, 0.25) is 0 Å². The molecule has 0 aliphatic carbocycles. The van der Waals surface area contributed by atoms with Crippen LogP contribution in [0.5, 0.6) is 0 Å². The molecule has 3 heteroatoms. The summed E-state index contributed by atoms with van der Waals surface area (Å²) in [6, 6.07) is 3.99. The summed E-state index contributed by atoms with van der Waals surface area (Å²) in [7, 11) is 0. The lowest BCUT2D eigenvalue weighted by molar-refractivity contribution is -0.143. The van der Waals surface area contributed by atoms with Crippen molar-refractivity contribution in [2.45, 2.75) is 20.0 Å². The van der Waals surface area contributed by atoms with E-state index in [2.05, 4.69) is 6.58 Å². The number of aryl methyl sites for hydroxylation is 1. The molecular weight excluding hydrogens is 184 g/mol. The van der Waals surface area contributed by atoms with Crippen molar-refractivity contribution in [1.29, 1.82) is 0 Å². The van der Waals surface area contributed by atoms with Crippen molar-refractivity contribution in [2.24, 2.45) is 0 Å². The lowest BCUT2D eigenvalue weighted by atomic mass is 10.4. The highest BCUT2D eigenvalue weighted by Crippen LogP contribution is 2.15. The molecule has 0 saturated carbocycles. The minimum Gasteiger partial charge on any atom is -0.460 e. The van der Waals surface area contributed by atoms with E-state index >= 15 is 0 Å². The van der Waals surface area contributed by atoms with Crippen LogP contribution in [0.3, 0.4) is 0 Å². The fourth-order valence-electron chi connectivity index (χ4n) is 0.891. The van der Waals surface area contributed by atoms with Gasteiger partial charge in [0.1, 0.15) is 6.61 Å².